The minimum atomic E-state index is -0.424. The van der Waals surface area contributed by atoms with E-state index in [2.05, 4.69) is 39.1 Å². The summed E-state index contributed by atoms with van der Waals surface area (Å²) in [5.41, 5.74) is -0.424. The second-order valence-electron chi connectivity index (χ2n) is 5.82. The molecule has 0 aromatic rings. The van der Waals surface area contributed by atoms with Crippen molar-refractivity contribution in [2.45, 2.75) is 71.9 Å². The maximum Gasteiger partial charge on any atom is 0.104 e. The third-order valence-corrected chi connectivity index (χ3v) is 3.00. The number of ether oxygens (including phenoxy) is 1. The van der Waals surface area contributed by atoms with Gasteiger partial charge in [-0.15, -0.1) is 0 Å². The summed E-state index contributed by atoms with van der Waals surface area (Å²) in [5, 5.41) is 12.5. The van der Waals surface area contributed by atoms with Crippen LogP contribution in [0, 0.1) is 17.2 Å². The molecule has 2 unspecified atom stereocenters. The highest BCUT2D eigenvalue weighted by Gasteiger charge is 2.23. The summed E-state index contributed by atoms with van der Waals surface area (Å²) >= 11 is 0. The molecule has 0 aliphatic rings. The quantitative estimate of drug-likeness (QED) is 0.607. The zero-order valence-electron chi connectivity index (χ0n) is 12.8. The van der Waals surface area contributed by atoms with Crippen LogP contribution in [0.1, 0.15) is 60.3 Å². The lowest BCUT2D eigenvalue weighted by molar-refractivity contribution is 0.0953. The molecule has 0 aromatic carbocycles. The van der Waals surface area contributed by atoms with Crippen LogP contribution < -0.4 is 5.32 Å². The van der Waals surface area contributed by atoms with E-state index in [9.17, 15) is 5.26 Å². The van der Waals surface area contributed by atoms with Gasteiger partial charge in [0, 0.05) is 19.3 Å². The van der Waals surface area contributed by atoms with E-state index in [1.54, 1.807) is 0 Å². The number of nitrogens with zero attached hydrogens (tertiary/aromatic N) is 1. The van der Waals surface area contributed by atoms with Crippen molar-refractivity contribution in [2.75, 3.05) is 13.2 Å². The Kier molecular flexibility index (Phi) is 9.05. The monoisotopic (exact) mass is 254 g/mol. The highest BCUT2D eigenvalue weighted by atomic mass is 16.5. The predicted octanol–water partition coefficient (Wildman–Crippen LogP) is 3.50. The Morgan fingerprint density at radius 1 is 1.33 bits per heavy atom. The van der Waals surface area contributed by atoms with Gasteiger partial charge in [0.25, 0.3) is 0 Å². The van der Waals surface area contributed by atoms with Crippen LogP contribution >= 0.6 is 0 Å². The van der Waals surface area contributed by atoms with E-state index in [4.69, 9.17) is 4.74 Å². The molecule has 18 heavy (non-hydrogen) atoms. The average molecular weight is 254 g/mol. The van der Waals surface area contributed by atoms with Crippen LogP contribution in [0.25, 0.3) is 0 Å². The van der Waals surface area contributed by atoms with Crippen molar-refractivity contribution in [1.82, 2.24) is 5.32 Å². The molecular weight excluding hydrogens is 224 g/mol. The van der Waals surface area contributed by atoms with Crippen LogP contribution in [-0.4, -0.2) is 24.8 Å². The zero-order chi connectivity index (χ0) is 14.0. The lowest BCUT2D eigenvalue weighted by Gasteiger charge is -2.25. The molecule has 0 heterocycles. The molecule has 0 rings (SSSR count). The summed E-state index contributed by atoms with van der Waals surface area (Å²) < 4.78 is 5.66. The molecule has 0 aromatic heterocycles. The Balaban J connectivity index is 3.72. The number of rotatable bonds is 10. The van der Waals surface area contributed by atoms with E-state index in [-0.39, 0.29) is 0 Å². The second kappa shape index (κ2) is 9.35. The molecule has 1 N–H and O–H groups in total. The summed E-state index contributed by atoms with van der Waals surface area (Å²) in [7, 11) is 0. The standard InChI is InChI=1S/C15H30N2O/c1-6-8-14(4)11-18-10-7-9-15(5,12-16)17-13(2)3/h13-14,17H,6-11H2,1-5H3. The Labute approximate surface area is 113 Å². The topological polar surface area (TPSA) is 45.0 Å². The van der Waals surface area contributed by atoms with Gasteiger partial charge in [-0.05, 0) is 46.0 Å². The van der Waals surface area contributed by atoms with E-state index in [1.165, 1.54) is 12.8 Å². The summed E-state index contributed by atoms with van der Waals surface area (Å²) in [5.74, 6) is 0.645. The van der Waals surface area contributed by atoms with E-state index in [0.29, 0.717) is 12.0 Å². The van der Waals surface area contributed by atoms with Gasteiger partial charge in [-0.3, -0.25) is 5.32 Å². The first-order valence-electron chi connectivity index (χ1n) is 7.20. The molecule has 106 valence electrons. The highest BCUT2D eigenvalue weighted by molar-refractivity contribution is 5.04. The molecule has 0 saturated heterocycles. The summed E-state index contributed by atoms with van der Waals surface area (Å²) in [6.45, 7) is 12.1. The van der Waals surface area contributed by atoms with Gasteiger partial charge in [0.05, 0.1) is 6.07 Å². The Morgan fingerprint density at radius 3 is 2.50 bits per heavy atom. The highest BCUT2D eigenvalue weighted by Crippen LogP contribution is 2.13. The third-order valence-electron chi connectivity index (χ3n) is 3.00. The van der Waals surface area contributed by atoms with Crippen molar-refractivity contribution in [1.29, 1.82) is 5.26 Å². The molecule has 3 heteroatoms. The van der Waals surface area contributed by atoms with Gasteiger partial charge in [-0.2, -0.15) is 5.26 Å². The maximum atomic E-state index is 9.20. The van der Waals surface area contributed by atoms with Crippen molar-refractivity contribution < 1.29 is 4.74 Å². The number of hydrogen-bond acceptors (Lipinski definition) is 3. The fraction of sp³-hybridized carbons (Fsp3) is 0.933. The molecule has 3 nitrogen and oxygen atoms in total. The van der Waals surface area contributed by atoms with Crippen LogP contribution in [0.2, 0.25) is 0 Å². The van der Waals surface area contributed by atoms with Crippen molar-refractivity contribution in [3.8, 4) is 6.07 Å². The first kappa shape index (κ1) is 17.4. The Morgan fingerprint density at radius 2 is 2.00 bits per heavy atom. The first-order valence-corrected chi connectivity index (χ1v) is 7.20. The molecule has 0 aliphatic carbocycles. The van der Waals surface area contributed by atoms with Gasteiger partial charge < -0.3 is 4.74 Å². The molecule has 0 aliphatic heterocycles. The average Bonchev–Trinajstić information content (AvgIpc) is 2.28. The van der Waals surface area contributed by atoms with Crippen molar-refractivity contribution >= 4 is 0 Å². The predicted molar refractivity (Wildman–Crippen MR) is 76.4 cm³/mol. The molecule has 0 amide bonds. The van der Waals surface area contributed by atoms with E-state index >= 15 is 0 Å². The van der Waals surface area contributed by atoms with Gasteiger partial charge in [0.2, 0.25) is 0 Å². The number of hydrogen-bond donors (Lipinski definition) is 1. The van der Waals surface area contributed by atoms with Crippen molar-refractivity contribution in [3.05, 3.63) is 0 Å². The van der Waals surface area contributed by atoms with Gasteiger partial charge in [-0.25, -0.2) is 0 Å². The van der Waals surface area contributed by atoms with Crippen molar-refractivity contribution in [3.63, 3.8) is 0 Å². The van der Waals surface area contributed by atoms with Crippen molar-refractivity contribution in [2.24, 2.45) is 5.92 Å². The maximum absolute atomic E-state index is 9.20. The fourth-order valence-corrected chi connectivity index (χ4v) is 2.19. The minimum Gasteiger partial charge on any atom is -0.381 e. The summed E-state index contributed by atoms with van der Waals surface area (Å²) in [6, 6.07) is 2.70. The van der Waals surface area contributed by atoms with Gasteiger partial charge in [0.15, 0.2) is 0 Å². The number of nitriles is 1. The minimum absolute atomic E-state index is 0.333. The Bertz CT molecular complexity index is 247. The van der Waals surface area contributed by atoms with Crippen LogP contribution in [0.4, 0.5) is 0 Å². The number of nitrogens with one attached hydrogen (secondary N) is 1. The molecule has 0 fully saturated rings. The van der Waals surface area contributed by atoms with Crippen LogP contribution in [0.15, 0.2) is 0 Å². The fourth-order valence-electron chi connectivity index (χ4n) is 2.19. The Hall–Kier alpha value is -0.590. The molecule has 0 saturated carbocycles. The third kappa shape index (κ3) is 8.49. The zero-order valence-corrected chi connectivity index (χ0v) is 12.8. The van der Waals surface area contributed by atoms with E-state index < -0.39 is 5.54 Å². The van der Waals surface area contributed by atoms with Gasteiger partial charge in [-0.1, -0.05) is 20.3 Å². The largest absolute Gasteiger partial charge is 0.381 e. The molecule has 0 bridgehead atoms. The lowest BCUT2D eigenvalue weighted by Crippen LogP contribution is -2.45. The van der Waals surface area contributed by atoms with Crippen LogP contribution in [-0.2, 0) is 4.74 Å². The normalized spacial score (nSPS) is 16.3. The smallest absolute Gasteiger partial charge is 0.104 e. The second-order valence-corrected chi connectivity index (χ2v) is 5.82. The molecular formula is C15H30N2O. The molecule has 0 radical (unpaired) electrons. The van der Waals surface area contributed by atoms with E-state index in [0.717, 1.165) is 26.1 Å². The lowest BCUT2D eigenvalue weighted by atomic mass is 9.97. The van der Waals surface area contributed by atoms with E-state index in [1.807, 2.05) is 6.92 Å². The molecule has 2 atom stereocenters. The SMILES string of the molecule is CCCC(C)COCCCC(C)(C#N)NC(C)C. The van der Waals surface area contributed by atoms with Gasteiger partial charge in [0.1, 0.15) is 5.54 Å². The first-order chi connectivity index (χ1) is 8.43. The van der Waals surface area contributed by atoms with Crippen LogP contribution in [0.3, 0.4) is 0 Å². The van der Waals surface area contributed by atoms with Gasteiger partial charge >= 0.3 is 0 Å². The summed E-state index contributed by atoms with van der Waals surface area (Å²) in [6.07, 6.45) is 4.21. The summed E-state index contributed by atoms with van der Waals surface area (Å²) in [4.78, 5) is 0. The van der Waals surface area contributed by atoms with Crippen LogP contribution in [0.5, 0.6) is 0 Å². The molecule has 0 spiro atoms.